The molecule has 0 aliphatic heterocycles. The maximum atomic E-state index is 13.7. The van der Waals surface area contributed by atoms with E-state index in [9.17, 15) is 9.18 Å². The number of nitrogens with one attached hydrogen (secondary N) is 1. The molecule has 0 atom stereocenters. The summed E-state index contributed by atoms with van der Waals surface area (Å²) in [6.45, 7) is 2.64. The second-order valence-electron chi connectivity index (χ2n) is 4.20. The van der Waals surface area contributed by atoms with E-state index in [1.54, 1.807) is 18.4 Å². The first-order chi connectivity index (χ1) is 10.1. The number of ether oxygens (including phenoxy) is 1. The molecule has 0 fully saturated rings. The predicted molar refractivity (Wildman–Crippen MR) is 87.6 cm³/mol. The highest BCUT2D eigenvalue weighted by atomic mass is 35.5. The maximum absolute atomic E-state index is 13.7. The molecule has 3 N–H and O–H groups in total. The zero-order valence-electron chi connectivity index (χ0n) is 12.0. The summed E-state index contributed by atoms with van der Waals surface area (Å²) in [5.41, 5.74) is 6.10. The van der Waals surface area contributed by atoms with E-state index in [4.69, 9.17) is 10.5 Å². The third-order valence-corrected chi connectivity index (χ3v) is 3.54. The number of benzene rings is 1. The van der Waals surface area contributed by atoms with Crippen molar-refractivity contribution < 1.29 is 13.9 Å². The number of carbonyl (C=O) groups excluding carboxylic acids is 1. The Morgan fingerprint density at radius 2 is 2.27 bits per heavy atom. The Balaban J connectivity index is 0.00000242. The minimum absolute atomic E-state index is 0. The van der Waals surface area contributed by atoms with E-state index in [-0.39, 0.29) is 24.1 Å². The Labute approximate surface area is 138 Å². The molecule has 120 valence electrons. The Morgan fingerprint density at radius 1 is 1.50 bits per heavy atom. The molecule has 8 heteroatoms. The van der Waals surface area contributed by atoms with Crippen molar-refractivity contribution in [2.24, 2.45) is 5.73 Å². The van der Waals surface area contributed by atoms with E-state index in [1.807, 2.05) is 0 Å². The summed E-state index contributed by atoms with van der Waals surface area (Å²) in [5, 5.41) is 5.07. The minimum atomic E-state index is -0.517. The van der Waals surface area contributed by atoms with Crippen LogP contribution in [0.25, 0.3) is 0 Å². The van der Waals surface area contributed by atoms with Crippen molar-refractivity contribution in [2.45, 2.75) is 13.3 Å². The van der Waals surface area contributed by atoms with Crippen LogP contribution in [0.1, 0.15) is 22.4 Å². The molecule has 2 rings (SSSR count). The lowest BCUT2D eigenvalue weighted by Crippen LogP contribution is -2.13. The highest BCUT2D eigenvalue weighted by Gasteiger charge is 2.12. The van der Waals surface area contributed by atoms with Crippen LogP contribution in [0.15, 0.2) is 23.6 Å². The molecule has 1 aromatic heterocycles. The zero-order valence-corrected chi connectivity index (χ0v) is 13.6. The van der Waals surface area contributed by atoms with Gasteiger partial charge >= 0.3 is 0 Å². The standard InChI is InChI=1S/C14H16FN3O2S.ClH/c1-2-20-12-4-3-9(7-10(12)15)17-14(19)11-8-21-13(18-11)5-6-16;/h3-4,7-8H,2,5-6,16H2,1H3,(H,17,19);1H. The minimum Gasteiger partial charge on any atom is -0.491 e. The van der Waals surface area contributed by atoms with Crippen LogP contribution >= 0.6 is 23.7 Å². The van der Waals surface area contributed by atoms with Gasteiger partial charge in [-0.25, -0.2) is 9.37 Å². The van der Waals surface area contributed by atoms with Gasteiger partial charge in [0.1, 0.15) is 5.69 Å². The predicted octanol–water partition coefficient (Wildman–Crippen LogP) is 2.86. The van der Waals surface area contributed by atoms with Gasteiger partial charge in [0, 0.05) is 23.6 Å². The lowest BCUT2D eigenvalue weighted by atomic mass is 10.2. The van der Waals surface area contributed by atoms with E-state index in [0.717, 1.165) is 5.01 Å². The summed E-state index contributed by atoms with van der Waals surface area (Å²) < 4.78 is 18.8. The normalized spacial score (nSPS) is 9.95. The Hall–Kier alpha value is -1.70. The lowest BCUT2D eigenvalue weighted by molar-refractivity contribution is 0.102. The number of amides is 1. The first-order valence-corrected chi connectivity index (χ1v) is 7.40. The fourth-order valence-corrected chi connectivity index (χ4v) is 2.49. The van der Waals surface area contributed by atoms with Gasteiger partial charge in [0.25, 0.3) is 5.91 Å². The number of hydrogen-bond donors (Lipinski definition) is 2. The van der Waals surface area contributed by atoms with E-state index < -0.39 is 5.82 Å². The number of halogens is 2. The summed E-state index contributed by atoms with van der Waals surface area (Å²) in [6, 6.07) is 4.28. The SMILES string of the molecule is CCOc1ccc(NC(=O)c2csc(CCN)n2)cc1F.Cl. The molecule has 2 aromatic rings. The molecular formula is C14H17ClFN3O2S. The molecule has 0 bridgehead atoms. The van der Waals surface area contributed by atoms with Crippen LogP contribution < -0.4 is 15.8 Å². The van der Waals surface area contributed by atoms with Gasteiger partial charge in [0.2, 0.25) is 0 Å². The van der Waals surface area contributed by atoms with Crippen molar-refractivity contribution in [2.75, 3.05) is 18.5 Å². The molecule has 0 spiro atoms. The first kappa shape index (κ1) is 18.3. The Kier molecular flexibility index (Phi) is 7.23. The summed E-state index contributed by atoms with van der Waals surface area (Å²) >= 11 is 1.38. The lowest BCUT2D eigenvalue weighted by Gasteiger charge is -2.07. The van der Waals surface area contributed by atoms with Crippen molar-refractivity contribution in [3.63, 3.8) is 0 Å². The van der Waals surface area contributed by atoms with Crippen LogP contribution in [0.2, 0.25) is 0 Å². The van der Waals surface area contributed by atoms with Gasteiger partial charge in [0.15, 0.2) is 11.6 Å². The van der Waals surface area contributed by atoms with Gasteiger partial charge in [-0.2, -0.15) is 0 Å². The molecule has 1 amide bonds. The molecule has 0 saturated heterocycles. The molecule has 0 unspecified atom stereocenters. The summed E-state index contributed by atoms with van der Waals surface area (Å²) in [4.78, 5) is 16.2. The molecule has 22 heavy (non-hydrogen) atoms. The van der Waals surface area contributed by atoms with Crippen molar-refractivity contribution in [1.29, 1.82) is 0 Å². The highest BCUT2D eigenvalue weighted by Crippen LogP contribution is 2.21. The van der Waals surface area contributed by atoms with Crippen molar-refractivity contribution in [3.05, 3.63) is 40.1 Å². The van der Waals surface area contributed by atoms with E-state index in [1.165, 1.54) is 23.5 Å². The third kappa shape index (κ3) is 4.66. The molecule has 0 aliphatic carbocycles. The van der Waals surface area contributed by atoms with Gasteiger partial charge < -0.3 is 15.8 Å². The third-order valence-electron chi connectivity index (χ3n) is 2.63. The van der Waals surface area contributed by atoms with Crippen LogP contribution in [0.4, 0.5) is 10.1 Å². The van der Waals surface area contributed by atoms with E-state index in [0.29, 0.717) is 31.0 Å². The van der Waals surface area contributed by atoms with Crippen LogP contribution in [0.5, 0.6) is 5.75 Å². The van der Waals surface area contributed by atoms with Crippen molar-refractivity contribution >= 4 is 35.3 Å². The first-order valence-electron chi connectivity index (χ1n) is 6.52. The maximum Gasteiger partial charge on any atom is 0.275 e. The second kappa shape index (κ2) is 8.67. The highest BCUT2D eigenvalue weighted by molar-refractivity contribution is 7.09. The molecule has 5 nitrogen and oxygen atoms in total. The smallest absolute Gasteiger partial charge is 0.275 e. The number of hydrogen-bond acceptors (Lipinski definition) is 5. The van der Waals surface area contributed by atoms with Crippen LogP contribution in [-0.2, 0) is 6.42 Å². The summed E-state index contributed by atoms with van der Waals surface area (Å²) in [7, 11) is 0. The largest absolute Gasteiger partial charge is 0.491 e. The molecule has 1 heterocycles. The average molecular weight is 346 g/mol. The number of nitrogens with zero attached hydrogens (tertiary/aromatic N) is 1. The Bertz CT molecular complexity index is 636. The molecule has 0 radical (unpaired) electrons. The topological polar surface area (TPSA) is 77.2 Å². The number of rotatable bonds is 6. The van der Waals surface area contributed by atoms with Crippen molar-refractivity contribution in [3.8, 4) is 5.75 Å². The fourth-order valence-electron chi connectivity index (χ4n) is 1.70. The fraction of sp³-hybridized carbons (Fsp3) is 0.286. The number of nitrogens with two attached hydrogens (primary N) is 1. The van der Waals surface area contributed by atoms with E-state index >= 15 is 0 Å². The zero-order chi connectivity index (χ0) is 15.2. The van der Waals surface area contributed by atoms with Gasteiger partial charge in [-0.05, 0) is 25.6 Å². The number of anilines is 1. The van der Waals surface area contributed by atoms with Gasteiger partial charge in [-0.15, -0.1) is 23.7 Å². The van der Waals surface area contributed by atoms with E-state index in [2.05, 4.69) is 10.3 Å². The van der Waals surface area contributed by atoms with Crippen LogP contribution in [-0.4, -0.2) is 24.0 Å². The van der Waals surface area contributed by atoms with Crippen molar-refractivity contribution in [1.82, 2.24) is 4.98 Å². The molecule has 0 aliphatic rings. The summed E-state index contributed by atoms with van der Waals surface area (Å²) in [5.74, 6) is -0.732. The second-order valence-corrected chi connectivity index (χ2v) is 5.14. The number of carbonyl (C=O) groups is 1. The molecule has 0 saturated carbocycles. The van der Waals surface area contributed by atoms with Crippen LogP contribution in [0, 0.1) is 5.82 Å². The summed E-state index contributed by atoms with van der Waals surface area (Å²) in [6.07, 6.45) is 0.635. The van der Waals surface area contributed by atoms with Gasteiger partial charge in [-0.3, -0.25) is 4.79 Å². The van der Waals surface area contributed by atoms with Gasteiger partial charge in [0.05, 0.1) is 11.6 Å². The monoisotopic (exact) mass is 345 g/mol. The Morgan fingerprint density at radius 3 is 2.91 bits per heavy atom. The number of thiazole rings is 1. The van der Waals surface area contributed by atoms with Crippen LogP contribution in [0.3, 0.4) is 0 Å². The average Bonchev–Trinajstić information content (AvgIpc) is 2.91. The van der Waals surface area contributed by atoms with Gasteiger partial charge in [-0.1, -0.05) is 0 Å². The quantitative estimate of drug-likeness (QED) is 0.844. The number of aromatic nitrogens is 1. The molecule has 1 aromatic carbocycles. The molecular weight excluding hydrogens is 329 g/mol.